The van der Waals surface area contributed by atoms with Crippen molar-refractivity contribution in [2.24, 2.45) is 5.73 Å². The zero-order chi connectivity index (χ0) is 10.1. The number of amides is 1. The minimum absolute atomic E-state index is 0.0535. The molecule has 1 amide bonds. The van der Waals surface area contributed by atoms with Gasteiger partial charge in [-0.2, -0.15) is 0 Å². The summed E-state index contributed by atoms with van der Waals surface area (Å²) < 4.78 is 5.04. The van der Waals surface area contributed by atoms with Crippen LogP contribution < -0.4 is 5.73 Å². The van der Waals surface area contributed by atoms with E-state index in [4.69, 9.17) is 10.5 Å². The Bertz CT molecular complexity index is 412. The molecular weight excluding hydrogens is 182 g/mol. The van der Waals surface area contributed by atoms with Gasteiger partial charge < -0.3 is 10.5 Å². The van der Waals surface area contributed by atoms with Gasteiger partial charge in [0.1, 0.15) is 6.61 Å². The maximum absolute atomic E-state index is 11.3. The van der Waals surface area contributed by atoms with E-state index in [-0.39, 0.29) is 12.4 Å². The van der Waals surface area contributed by atoms with Crippen LogP contribution in [0.25, 0.3) is 0 Å². The van der Waals surface area contributed by atoms with E-state index in [1.807, 2.05) is 0 Å². The smallest absolute Gasteiger partial charge is 0.248 e. The molecule has 1 aliphatic heterocycles. The average molecular weight is 191 g/mol. The molecule has 1 heterocycles. The number of Topliss-reactive ketones (excluding diaryl/α,β-unsaturated/α-hetero) is 1. The van der Waals surface area contributed by atoms with Gasteiger partial charge in [0, 0.05) is 11.1 Å². The third kappa shape index (κ3) is 1.40. The van der Waals surface area contributed by atoms with E-state index in [9.17, 15) is 9.59 Å². The van der Waals surface area contributed by atoms with E-state index in [2.05, 4.69) is 0 Å². The highest BCUT2D eigenvalue weighted by molar-refractivity contribution is 6.01. The molecule has 0 aliphatic carbocycles. The standard InChI is InChI=1S/C10H9NO3/c11-10(13)6-1-2-8-7(3-6)4-14-5-9(8)12/h1-3H,4-5H2,(H2,11,13). The number of carbonyl (C=O) groups is 2. The number of carbonyl (C=O) groups excluding carboxylic acids is 2. The summed E-state index contributed by atoms with van der Waals surface area (Å²) >= 11 is 0. The summed E-state index contributed by atoms with van der Waals surface area (Å²) in [6.45, 7) is 0.477. The molecule has 0 atom stereocenters. The minimum atomic E-state index is -0.495. The first-order valence-electron chi connectivity index (χ1n) is 4.22. The van der Waals surface area contributed by atoms with Gasteiger partial charge in [0.15, 0.2) is 5.78 Å². The summed E-state index contributed by atoms with van der Waals surface area (Å²) in [5.41, 5.74) is 6.88. The summed E-state index contributed by atoms with van der Waals surface area (Å²) in [4.78, 5) is 22.2. The van der Waals surface area contributed by atoms with Crippen molar-refractivity contribution in [1.82, 2.24) is 0 Å². The van der Waals surface area contributed by atoms with Crippen molar-refractivity contribution < 1.29 is 14.3 Å². The van der Waals surface area contributed by atoms with Gasteiger partial charge in [-0.3, -0.25) is 9.59 Å². The number of ketones is 1. The zero-order valence-corrected chi connectivity index (χ0v) is 7.45. The lowest BCUT2D eigenvalue weighted by molar-refractivity contribution is 0.0664. The molecule has 2 rings (SSSR count). The van der Waals surface area contributed by atoms with E-state index in [0.29, 0.717) is 17.7 Å². The van der Waals surface area contributed by atoms with Crippen molar-refractivity contribution in [2.75, 3.05) is 6.61 Å². The van der Waals surface area contributed by atoms with Crippen molar-refractivity contribution in [1.29, 1.82) is 0 Å². The van der Waals surface area contributed by atoms with Crippen molar-refractivity contribution in [3.05, 3.63) is 34.9 Å². The second kappa shape index (κ2) is 3.23. The second-order valence-electron chi connectivity index (χ2n) is 3.15. The molecule has 0 bridgehead atoms. The summed E-state index contributed by atoms with van der Waals surface area (Å²) in [6.07, 6.45) is 0. The molecule has 0 aromatic heterocycles. The minimum Gasteiger partial charge on any atom is -0.369 e. The van der Waals surface area contributed by atoms with Gasteiger partial charge in [0.25, 0.3) is 0 Å². The molecule has 0 spiro atoms. The maximum atomic E-state index is 11.3. The molecule has 0 fully saturated rings. The molecule has 1 aromatic carbocycles. The van der Waals surface area contributed by atoms with Gasteiger partial charge >= 0.3 is 0 Å². The van der Waals surface area contributed by atoms with Gasteiger partial charge in [0.2, 0.25) is 5.91 Å². The predicted molar refractivity (Wildman–Crippen MR) is 48.9 cm³/mol. The average Bonchev–Trinajstić information content (AvgIpc) is 2.17. The summed E-state index contributed by atoms with van der Waals surface area (Å²) in [5, 5.41) is 0. The van der Waals surface area contributed by atoms with Gasteiger partial charge in [-0.25, -0.2) is 0 Å². The topological polar surface area (TPSA) is 69.4 Å². The Balaban J connectivity index is 2.49. The van der Waals surface area contributed by atoms with Crippen molar-refractivity contribution in [3.8, 4) is 0 Å². The normalized spacial score (nSPS) is 15.0. The Morgan fingerprint density at radius 2 is 2.14 bits per heavy atom. The van der Waals surface area contributed by atoms with Crippen LogP contribution in [0.3, 0.4) is 0 Å². The first kappa shape index (κ1) is 8.90. The van der Waals surface area contributed by atoms with Crippen LogP contribution in [-0.2, 0) is 11.3 Å². The van der Waals surface area contributed by atoms with E-state index in [0.717, 1.165) is 5.56 Å². The largest absolute Gasteiger partial charge is 0.369 e. The first-order valence-corrected chi connectivity index (χ1v) is 4.22. The molecule has 1 aliphatic rings. The summed E-state index contributed by atoms with van der Waals surface area (Å²) in [7, 11) is 0. The number of rotatable bonds is 1. The number of hydrogen-bond acceptors (Lipinski definition) is 3. The Morgan fingerprint density at radius 1 is 1.36 bits per heavy atom. The fourth-order valence-electron chi connectivity index (χ4n) is 1.47. The summed E-state index contributed by atoms with van der Waals surface area (Å²) in [5.74, 6) is -0.548. The van der Waals surface area contributed by atoms with Crippen LogP contribution in [0.4, 0.5) is 0 Å². The zero-order valence-electron chi connectivity index (χ0n) is 7.45. The SMILES string of the molecule is NC(=O)c1ccc2c(c1)COCC2=O. The van der Waals surface area contributed by atoms with Crippen molar-refractivity contribution >= 4 is 11.7 Å². The predicted octanol–water partition coefficient (Wildman–Crippen LogP) is 0.498. The highest BCUT2D eigenvalue weighted by Crippen LogP contribution is 2.18. The van der Waals surface area contributed by atoms with Gasteiger partial charge in [-0.05, 0) is 17.7 Å². The molecule has 0 saturated carbocycles. The Hall–Kier alpha value is -1.68. The van der Waals surface area contributed by atoms with Crippen LogP contribution >= 0.6 is 0 Å². The summed E-state index contributed by atoms with van der Waals surface area (Å²) in [6, 6.07) is 4.79. The third-order valence-corrected chi connectivity index (χ3v) is 2.18. The van der Waals surface area contributed by atoms with Crippen LogP contribution in [0, 0.1) is 0 Å². The van der Waals surface area contributed by atoms with Crippen LogP contribution in [0.15, 0.2) is 18.2 Å². The molecule has 0 radical (unpaired) electrons. The molecule has 2 N–H and O–H groups in total. The lowest BCUT2D eigenvalue weighted by atomic mass is 9.99. The Morgan fingerprint density at radius 3 is 2.86 bits per heavy atom. The Kier molecular flexibility index (Phi) is 2.05. The van der Waals surface area contributed by atoms with E-state index < -0.39 is 5.91 Å². The van der Waals surface area contributed by atoms with Gasteiger partial charge in [-0.15, -0.1) is 0 Å². The van der Waals surface area contributed by atoms with E-state index in [1.165, 1.54) is 0 Å². The number of hydrogen-bond donors (Lipinski definition) is 1. The third-order valence-electron chi connectivity index (χ3n) is 2.18. The van der Waals surface area contributed by atoms with Crippen LogP contribution in [0.1, 0.15) is 26.3 Å². The molecule has 0 unspecified atom stereocenters. The number of primary amides is 1. The lowest BCUT2D eigenvalue weighted by Gasteiger charge is -2.15. The molecule has 4 nitrogen and oxygen atoms in total. The van der Waals surface area contributed by atoms with Crippen LogP contribution in [0.2, 0.25) is 0 Å². The maximum Gasteiger partial charge on any atom is 0.248 e. The fourth-order valence-corrected chi connectivity index (χ4v) is 1.47. The van der Waals surface area contributed by atoms with Gasteiger partial charge in [0.05, 0.1) is 6.61 Å². The van der Waals surface area contributed by atoms with E-state index in [1.54, 1.807) is 18.2 Å². The molecule has 1 aromatic rings. The molecule has 72 valence electrons. The number of benzene rings is 1. The molecule has 4 heteroatoms. The lowest BCUT2D eigenvalue weighted by Crippen LogP contribution is -2.19. The fraction of sp³-hybridized carbons (Fsp3) is 0.200. The molecular formula is C10H9NO3. The molecule has 14 heavy (non-hydrogen) atoms. The quantitative estimate of drug-likeness (QED) is 0.702. The first-order chi connectivity index (χ1) is 6.68. The Labute approximate surface area is 80.7 Å². The monoisotopic (exact) mass is 191 g/mol. The van der Waals surface area contributed by atoms with Crippen molar-refractivity contribution in [3.63, 3.8) is 0 Å². The van der Waals surface area contributed by atoms with Crippen molar-refractivity contribution in [2.45, 2.75) is 6.61 Å². The van der Waals surface area contributed by atoms with Crippen LogP contribution in [-0.4, -0.2) is 18.3 Å². The van der Waals surface area contributed by atoms with Crippen LogP contribution in [0.5, 0.6) is 0 Å². The highest BCUT2D eigenvalue weighted by atomic mass is 16.5. The van der Waals surface area contributed by atoms with Gasteiger partial charge in [-0.1, -0.05) is 6.07 Å². The highest BCUT2D eigenvalue weighted by Gasteiger charge is 2.18. The molecule has 0 saturated heterocycles. The second-order valence-corrected chi connectivity index (χ2v) is 3.15. The van der Waals surface area contributed by atoms with E-state index >= 15 is 0 Å². The number of fused-ring (bicyclic) bond motifs is 1. The number of nitrogens with two attached hydrogens (primary N) is 1. The number of ether oxygens (including phenoxy) is 1.